The fourth-order valence-electron chi connectivity index (χ4n) is 5.53. The van der Waals surface area contributed by atoms with Crippen LogP contribution in [0, 0.1) is 0 Å². The van der Waals surface area contributed by atoms with Crippen LogP contribution in [0.2, 0.25) is 6.04 Å². The molecule has 0 atom stereocenters. The van der Waals surface area contributed by atoms with Gasteiger partial charge in [-0.3, -0.25) is 0 Å². The van der Waals surface area contributed by atoms with Gasteiger partial charge in [0.25, 0.3) is 0 Å². The van der Waals surface area contributed by atoms with Crippen molar-refractivity contribution in [2.75, 3.05) is 106 Å². The Bertz CT molecular complexity index is 575. The van der Waals surface area contributed by atoms with Crippen molar-refractivity contribution in [3.63, 3.8) is 0 Å². The molecule has 0 aromatic rings. The van der Waals surface area contributed by atoms with Crippen LogP contribution in [-0.4, -0.2) is 135 Å². The molecule has 12 heteroatoms. The van der Waals surface area contributed by atoms with E-state index in [4.69, 9.17) is 42.8 Å². The van der Waals surface area contributed by atoms with Gasteiger partial charge in [0.05, 0.1) is 106 Å². The summed E-state index contributed by atoms with van der Waals surface area (Å²) in [6.07, 6.45) is 23.0. The topological polar surface area (TPSA) is 116 Å². The smallest absolute Gasteiger partial charge is 0.501 e. The number of hydrogen-bond donors (Lipinski definition) is 3. The first-order chi connectivity index (χ1) is 22.4. The van der Waals surface area contributed by atoms with E-state index < -0.39 is 8.80 Å². The zero-order valence-corrected chi connectivity index (χ0v) is 32.5. The van der Waals surface area contributed by atoms with Crippen LogP contribution in [0.5, 0.6) is 0 Å². The molecule has 0 aliphatic carbocycles. The van der Waals surface area contributed by atoms with Gasteiger partial charge in [-0.2, -0.15) is 0 Å². The first-order valence-electron chi connectivity index (χ1n) is 18.7. The summed E-state index contributed by atoms with van der Waals surface area (Å²) in [4.78, 5) is 0. The Balaban J connectivity index is 0. The van der Waals surface area contributed by atoms with Crippen LogP contribution in [0.4, 0.5) is 0 Å². The number of nitrogens with zero attached hydrogens (tertiary/aromatic N) is 1. The minimum Gasteiger partial charge on any atom is -1.00 e. The molecule has 0 rings (SSSR count). The number of hydrogen-bond acceptors (Lipinski definition) is 9. The third kappa shape index (κ3) is 34.3. The normalized spacial score (nSPS) is 12.1. The fourth-order valence-corrected chi connectivity index (χ4v) is 7.99. The molecular formula is C35H76ClNO9Si. The number of ether oxygens (including phenoxy) is 3. The molecule has 0 aromatic heterocycles. The lowest BCUT2D eigenvalue weighted by atomic mass is 10.0. The van der Waals surface area contributed by atoms with Gasteiger partial charge in [-0.15, -0.1) is 0 Å². The molecule has 3 N–H and O–H groups in total. The van der Waals surface area contributed by atoms with Gasteiger partial charge in [0.15, 0.2) is 0 Å². The summed E-state index contributed by atoms with van der Waals surface area (Å²) in [6.45, 7) is 7.02. The second kappa shape index (κ2) is 37.4. The van der Waals surface area contributed by atoms with E-state index in [1.54, 1.807) is 0 Å². The molecule has 0 heterocycles. The van der Waals surface area contributed by atoms with E-state index in [-0.39, 0.29) is 52.0 Å². The van der Waals surface area contributed by atoms with Gasteiger partial charge in [0.2, 0.25) is 0 Å². The number of rotatable bonds is 39. The molecule has 0 aromatic carbocycles. The van der Waals surface area contributed by atoms with Crippen LogP contribution < -0.4 is 12.4 Å². The second-order valence-corrected chi connectivity index (χ2v) is 15.8. The van der Waals surface area contributed by atoms with Crippen molar-refractivity contribution in [2.24, 2.45) is 0 Å². The van der Waals surface area contributed by atoms with Gasteiger partial charge in [-0.05, 0) is 12.8 Å². The van der Waals surface area contributed by atoms with Gasteiger partial charge in [-0.25, -0.2) is 0 Å². The van der Waals surface area contributed by atoms with Crippen molar-refractivity contribution >= 4 is 8.80 Å². The number of unbranched alkanes of at least 4 members (excludes halogenated alkanes) is 15. The number of aliphatic hydroxyl groups is 3. The highest BCUT2D eigenvalue weighted by Gasteiger charge is 2.41. The molecule has 0 spiro atoms. The van der Waals surface area contributed by atoms with E-state index in [0.717, 1.165) is 24.0 Å². The Morgan fingerprint density at radius 3 is 1.09 bits per heavy atom. The van der Waals surface area contributed by atoms with Crippen molar-refractivity contribution in [1.82, 2.24) is 0 Å². The number of aliphatic hydroxyl groups excluding tert-OH is 3. The SMILES string of the molecule is CCCCCCCCCCCCCCCCCC[N+](C)(C)CCC[Si](OCCOCCO)(OCCOCCO)OCCOCCO.[Cl-]. The third-order valence-corrected chi connectivity index (χ3v) is 11.1. The maximum atomic E-state index is 9.01. The Kier molecular flexibility index (Phi) is 39.1. The molecule has 0 fully saturated rings. The molecular weight excluding hydrogens is 642 g/mol. The van der Waals surface area contributed by atoms with E-state index in [1.807, 2.05) is 0 Å². The van der Waals surface area contributed by atoms with Crippen LogP contribution in [0.1, 0.15) is 116 Å². The lowest BCUT2D eigenvalue weighted by Crippen LogP contribution is -3.00. The van der Waals surface area contributed by atoms with Gasteiger partial charge in [0, 0.05) is 12.5 Å². The van der Waals surface area contributed by atoms with Crippen LogP contribution in [0.3, 0.4) is 0 Å². The molecule has 0 bridgehead atoms. The predicted molar refractivity (Wildman–Crippen MR) is 188 cm³/mol. The minimum atomic E-state index is -3.09. The molecule has 0 radical (unpaired) electrons. The first-order valence-corrected chi connectivity index (χ1v) is 20.7. The van der Waals surface area contributed by atoms with Gasteiger partial charge < -0.3 is 59.7 Å². The maximum absolute atomic E-state index is 9.01. The zero-order valence-electron chi connectivity index (χ0n) is 30.7. The molecule has 286 valence electrons. The van der Waals surface area contributed by atoms with Crippen molar-refractivity contribution < 1.29 is 59.7 Å². The molecule has 10 nitrogen and oxygen atoms in total. The van der Waals surface area contributed by atoms with Crippen LogP contribution in [-0.2, 0) is 27.5 Å². The van der Waals surface area contributed by atoms with Gasteiger partial charge in [-0.1, -0.05) is 96.8 Å². The molecule has 0 amide bonds. The van der Waals surface area contributed by atoms with E-state index in [1.165, 1.54) is 103 Å². The summed E-state index contributed by atoms with van der Waals surface area (Å²) in [7, 11) is 1.50. The van der Waals surface area contributed by atoms with Gasteiger partial charge >= 0.3 is 8.80 Å². The maximum Gasteiger partial charge on any atom is 0.501 e. The van der Waals surface area contributed by atoms with E-state index in [2.05, 4.69) is 21.0 Å². The number of quaternary nitrogens is 1. The van der Waals surface area contributed by atoms with Crippen LogP contribution in [0.25, 0.3) is 0 Å². The average molecular weight is 719 g/mol. The highest BCUT2D eigenvalue weighted by atomic mass is 35.5. The number of halogens is 1. The quantitative estimate of drug-likeness (QED) is 0.0502. The summed E-state index contributed by atoms with van der Waals surface area (Å²) >= 11 is 0. The van der Waals surface area contributed by atoms with Crippen LogP contribution in [0.15, 0.2) is 0 Å². The Labute approximate surface area is 296 Å². The second-order valence-electron chi connectivity index (χ2n) is 13.0. The van der Waals surface area contributed by atoms with Crippen molar-refractivity contribution in [3.05, 3.63) is 0 Å². The largest absolute Gasteiger partial charge is 1.00 e. The standard InChI is InChI=1S/C35H76NO9Si.ClH/c1-4-5-6-7-8-9-10-11-12-13-14-15-16-17-18-19-21-36(2,3)22-20-35-46(43-32-29-40-26-23-37,44-33-30-41-27-24-38)45-34-31-42-28-25-39;/h37-39H,4-35H2,1-3H3;1H/q+1;/p-1. The summed E-state index contributed by atoms with van der Waals surface area (Å²) in [6, 6.07) is 0.660. The predicted octanol–water partition coefficient (Wildman–Crippen LogP) is 2.73. The zero-order chi connectivity index (χ0) is 33.9. The van der Waals surface area contributed by atoms with Gasteiger partial charge in [0.1, 0.15) is 0 Å². The van der Waals surface area contributed by atoms with Crippen molar-refractivity contribution in [3.8, 4) is 0 Å². The first kappa shape index (κ1) is 49.2. The molecule has 0 unspecified atom stereocenters. The Hall–Kier alpha value is 0.107. The highest BCUT2D eigenvalue weighted by molar-refractivity contribution is 6.60. The minimum absolute atomic E-state index is 0. The molecule has 0 aliphatic rings. The molecule has 0 aliphatic heterocycles. The summed E-state index contributed by atoms with van der Waals surface area (Å²) < 4.78 is 36.0. The van der Waals surface area contributed by atoms with Crippen molar-refractivity contribution in [1.29, 1.82) is 0 Å². The summed E-state index contributed by atoms with van der Waals surface area (Å²) in [5.74, 6) is 0. The molecule has 0 saturated carbocycles. The summed E-state index contributed by atoms with van der Waals surface area (Å²) in [5.41, 5.74) is 0. The van der Waals surface area contributed by atoms with E-state index >= 15 is 0 Å². The molecule has 47 heavy (non-hydrogen) atoms. The molecule has 0 saturated heterocycles. The fraction of sp³-hybridized carbons (Fsp3) is 1.00. The lowest BCUT2D eigenvalue weighted by molar-refractivity contribution is -0.890. The lowest BCUT2D eigenvalue weighted by Gasteiger charge is -2.33. The average Bonchev–Trinajstić information content (AvgIpc) is 3.04. The Morgan fingerprint density at radius 2 is 0.745 bits per heavy atom. The summed E-state index contributed by atoms with van der Waals surface area (Å²) in [5, 5.41) is 27.0. The Morgan fingerprint density at radius 1 is 0.426 bits per heavy atom. The van der Waals surface area contributed by atoms with E-state index in [0.29, 0.717) is 45.7 Å². The monoisotopic (exact) mass is 717 g/mol. The highest BCUT2D eigenvalue weighted by Crippen LogP contribution is 2.21. The third-order valence-electron chi connectivity index (χ3n) is 8.22. The van der Waals surface area contributed by atoms with Crippen LogP contribution >= 0.6 is 0 Å². The van der Waals surface area contributed by atoms with E-state index in [9.17, 15) is 0 Å². The van der Waals surface area contributed by atoms with Crippen molar-refractivity contribution in [2.45, 2.75) is 122 Å².